The molecule has 0 saturated carbocycles. The number of esters is 1. The van der Waals surface area contributed by atoms with Gasteiger partial charge in [-0.1, -0.05) is 6.92 Å². The highest BCUT2D eigenvalue weighted by Gasteiger charge is 2.19. The van der Waals surface area contributed by atoms with Crippen molar-refractivity contribution in [1.82, 2.24) is 0 Å². The van der Waals surface area contributed by atoms with E-state index < -0.39 is 0 Å². The zero-order valence-electron chi connectivity index (χ0n) is 11.3. The van der Waals surface area contributed by atoms with Gasteiger partial charge in [0.1, 0.15) is 0 Å². The average Bonchev–Trinajstić information content (AvgIpc) is 2.85. The van der Waals surface area contributed by atoms with E-state index >= 15 is 0 Å². The van der Waals surface area contributed by atoms with E-state index in [1.54, 1.807) is 18.2 Å². The Morgan fingerprint density at radius 1 is 1.42 bits per heavy atom. The normalized spacial score (nSPS) is 15.9. The van der Waals surface area contributed by atoms with Crippen molar-refractivity contribution in [2.24, 2.45) is 5.73 Å². The van der Waals surface area contributed by atoms with E-state index in [2.05, 4.69) is 0 Å². The van der Waals surface area contributed by atoms with Crippen LogP contribution in [0.15, 0.2) is 18.2 Å². The third kappa shape index (κ3) is 3.38. The van der Waals surface area contributed by atoms with Crippen molar-refractivity contribution in [2.45, 2.75) is 32.2 Å². The van der Waals surface area contributed by atoms with Gasteiger partial charge in [-0.3, -0.25) is 0 Å². The summed E-state index contributed by atoms with van der Waals surface area (Å²) in [6.45, 7) is 4.46. The van der Waals surface area contributed by atoms with Crippen LogP contribution in [-0.2, 0) is 4.74 Å². The third-order valence-electron chi connectivity index (χ3n) is 3.32. The highest BCUT2D eigenvalue weighted by atomic mass is 16.7. The molecule has 1 aromatic rings. The molecular formula is C14H19NO4. The maximum absolute atomic E-state index is 11.9. The summed E-state index contributed by atoms with van der Waals surface area (Å²) in [6.07, 6.45) is 1.48. The first kappa shape index (κ1) is 13.7. The Balaban J connectivity index is 1.90. The molecule has 1 aliphatic heterocycles. The van der Waals surface area contributed by atoms with Gasteiger partial charge in [-0.2, -0.15) is 0 Å². The van der Waals surface area contributed by atoms with Crippen LogP contribution in [-0.4, -0.2) is 24.9 Å². The quantitative estimate of drug-likeness (QED) is 0.825. The molecule has 0 aliphatic carbocycles. The van der Waals surface area contributed by atoms with Crippen LogP contribution in [0.25, 0.3) is 0 Å². The maximum Gasteiger partial charge on any atom is 0.338 e. The predicted octanol–water partition coefficient (Wildman–Crippen LogP) is 2.09. The van der Waals surface area contributed by atoms with Crippen LogP contribution < -0.4 is 15.2 Å². The second-order valence-electron chi connectivity index (χ2n) is 4.96. The largest absolute Gasteiger partial charge is 0.462 e. The van der Waals surface area contributed by atoms with Crippen molar-refractivity contribution in [3.05, 3.63) is 23.8 Å². The van der Waals surface area contributed by atoms with Crippen LogP contribution >= 0.6 is 0 Å². The van der Waals surface area contributed by atoms with Gasteiger partial charge in [0, 0.05) is 5.54 Å². The molecule has 1 heterocycles. The Hall–Kier alpha value is -1.75. The van der Waals surface area contributed by atoms with E-state index in [9.17, 15) is 4.79 Å². The molecule has 0 spiro atoms. The fraction of sp³-hybridized carbons (Fsp3) is 0.500. The van der Waals surface area contributed by atoms with E-state index in [-0.39, 0.29) is 18.3 Å². The van der Waals surface area contributed by atoms with E-state index in [1.807, 2.05) is 13.8 Å². The van der Waals surface area contributed by atoms with E-state index in [1.165, 1.54) is 0 Å². The SMILES string of the molecule is CCC(C)(N)CCOC(=O)c1ccc2c(c1)OCO2. The number of ether oxygens (including phenoxy) is 3. The molecular weight excluding hydrogens is 246 g/mol. The molecule has 19 heavy (non-hydrogen) atoms. The lowest BCUT2D eigenvalue weighted by Gasteiger charge is -2.22. The van der Waals surface area contributed by atoms with E-state index in [4.69, 9.17) is 19.9 Å². The molecule has 5 heteroatoms. The van der Waals surface area contributed by atoms with Gasteiger partial charge in [-0.25, -0.2) is 4.79 Å². The zero-order valence-corrected chi connectivity index (χ0v) is 11.3. The maximum atomic E-state index is 11.9. The molecule has 0 fully saturated rings. The summed E-state index contributed by atoms with van der Waals surface area (Å²) in [4.78, 5) is 11.9. The second-order valence-corrected chi connectivity index (χ2v) is 4.96. The summed E-state index contributed by atoms with van der Waals surface area (Å²) in [7, 11) is 0. The summed E-state index contributed by atoms with van der Waals surface area (Å²) < 4.78 is 15.6. The number of benzene rings is 1. The predicted molar refractivity (Wildman–Crippen MR) is 70.3 cm³/mol. The minimum absolute atomic E-state index is 0.190. The standard InChI is InChI=1S/C14H19NO4/c1-3-14(2,15)6-7-17-13(16)10-4-5-11-12(8-10)19-9-18-11/h4-5,8H,3,6-7,9,15H2,1-2H3. The summed E-state index contributed by atoms with van der Waals surface area (Å²) in [5.74, 6) is 0.856. The number of fused-ring (bicyclic) bond motifs is 1. The van der Waals surface area contributed by atoms with Crippen LogP contribution in [0.4, 0.5) is 0 Å². The molecule has 104 valence electrons. The van der Waals surface area contributed by atoms with E-state index in [0.717, 1.165) is 6.42 Å². The number of rotatable bonds is 5. The summed E-state index contributed by atoms with van der Waals surface area (Å²) in [5, 5.41) is 0. The lowest BCUT2D eigenvalue weighted by Crippen LogP contribution is -2.36. The Labute approximate surface area is 112 Å². The fourth-order valence-electron chi connectivity index (χ4n) is 1.66. The first-order valence-electron chi connectivity index (χ1n) is 6.37. The van der Waals surface area contributed by atoms with Crippen LogP contribution in [0.5, 0.6) is 11.5 Å². The van der Waals surface area contributed by atoms with Crippen LogP contribution in [0.1, 0.15) is 37.0 Å². The average molecular weight is 265 g/mol. The molecule has 1 aliphatic rings. The lowest BCUT2D eigenvalue weighted by atomic mass is 9.97. The molecule has 2 rings (SSSR count). The second kappa shape index (κ2) is 5.48. The van der Waals surface area contributed by atoms with Gasteiger partial charge >= 0.3 is 5.97 Å². The van der Waals surface area contributed by atoms with Gasteiger partial charge in [0.2, 0.25) is 6.79 Å². The van der Waals surface area contributed by atoms with Gasteiger partial charge in [0.25, 0.3) is 0 Å². The monoisotopic (exact) mass is 265 g/mol. The minimum atomic E-state index is -0.370. The molecule has 5 nitrogen and oxygen atoms in total. The first-order chi connectivity index (χ1) is 9.02. The summed E-state index contributed by atoms with van der Waals surface area (Å²) >= 11 is 0. The number of hydrogen-bond acceptors (Lipinski definition) is 5. The minimum Gasteiger partial charge on any atom is -0.462 e. The van der Waals surface area contributed by atoms with Crippen molar-refractivity contribution in [2.75, 3.05) is 13.4 Å². The van der Waals surface area contributed by atoms with Crippen molar-refractivity contribution >= 4 is 5.97 Å². The number of nitrogens with two attached hydrogens (primary N) is 1. The molecule has 0 amide bonds. The Morgan fingerprint density at radius 2 is 2.16 bits per heavy atom. The van der Waals surface area contributed by atoms with Crippen LogP contribution in [0.3, 0.4) is 0 Å². The highest BCUT2D eigenvalue weighted by Crippen LogP contribution is 2.32. The molecule has 1 atom stereocenters. The number of carbonyl (C=O) groups is 1. The Bertz CT molecular complexity index is 471. The third-order valence-corrected chi connectivity index (χ3v) is 3.32. The van der Waals surface area contributed by atoms with Crippen molar-refractivity contribution in [1.29, 1.82) is 0 Å². The van der Waals surface area contributed by atoms with Gasteiger partial charge in [0.15, 0.2) is 11.5 Å². The molecule has 2 N–H and O–H groups in total. The van der Waals surface area contributed by atoms with Gasteiger partial charge < -0.3 is 19.9 Å². The Kier molecular flexibility index (Phi) is 3.95. The van der Waals surface area contributed by atoms with Gasteiger partial charge in [-0.05, 0) is 38.0 Å². The highest BCUT2D eigenvalue weighted by molar-refractivity contribution is 5.90. The van der Waals surface area contributed by atoms with E-state index in [0.29, 0.717) is 30.1 Å². The Morgan fingerprint density at radius 3 is 2.89 bits per heavy atom. The topological polar surface area (TPSA) is 70.8 Å². The van der Waals surface area contributed by atoms with Gasteiger partial charge in [-0.15, -0.1) is 0 Å². The van der Waals surface area contributed by atoms with Crippen molar-refractivity contribution < 1.29 is 19.0 Å². The molecule has 1 unspecified atom stereocenters. The molecule has 0 bridgehead atoms. The lowest BCUT2D eigenvalue weighted by molar-refractivity contribution is 0.0477. The molecule has 0 saturated heterocycles. The van der Waals surface area contributed by atoms with Crippen LogP contribution in [0, 0.1) is 0 Å². The molecule has 0 radical (unpaired) electrons. The molecule has 1 aromatic carbocycles. The van der Waals surface area contributed by atoms with Crippen LogP contribution in [0.2, 0.25) is 0 Å². The fourth-order valence-corrected chi connectivity index (χ4v) is 1.66. The first-order valence-corrected chi connectivity index (χ1v) is 6.37. The van der Waals surface area contributed by atoms with Gasteiger partial charge in [0.05, 0.1) is 12.2 Å². The molecule has 0 aromatic heterocycles. The zero-order chi connectivity index (χ0) is 13.9. The van der Waals surface area contributed by atoms with Crippen molar-refractivity contribution in [3.63, 3.8) is 0 Å². The van der Waals surface area contributed by atoms with Crippen molar-refractivity contribution in [3.8, 4) is 11.5 Å². The number of hydrogen-bond donors (Lipinski definition) is 1. The summed E-state index contributed by atoms with van der Waals surface area (Å²) in [6, 6.07) is 5.00. The number of carbonyl (C=O) groups excluding carboxylic acids is 1. The summed E-state index contributed by atoms with van der Waals surface area (Å²) in [5.41, 5.74) is 6.15. The smallest absolute Gasteiger partial charge is 0.338 e.